The number of likely N-dealkylation sites (tertiary alicyclic amines) is 1. The summed E-state index contributed by atoms with van der Waals surface area (Å²) in [4.78, 5) is 14.2. The molecule has 2 atom stereocenters. The topological polar surface area (TPSA) is 58.4 Å². The molecule has 0 saturated carbocycles. The summed E-state index contributed by atoms with van der Waals surface area (Å²) in [5.74, 6) is -0.746. The van der Waals surface area contributed by atoms with Crippen LogP contribution in [0.1, 0.15) is 43.4 Å². The van der Waals surface area contributed by atoms with Gasteiger partial charge in [-0.05, 0) is 19.8 Å². The van der Waals surface area contributed by atoms with Gasteiger partial charge in [0.25, 0.3) is 12.3 Å². The highest BCUT2D eigenvalue weighted by molar-refractivity contribution is 5.92. The zero-order valence-corrected chi connectivity index (χ0v) is 11.8. The van der Waals surface area contributed by atoms with Crippen LogP contribution in [0.2, 0.25) is 0 Å². The van der Waals surface area contributed by atoms with E-state index in [0.717, 1.165) is 19.2 Å². The van der Waals surface area contributed by atoms with Gasteiger partial charge in [-0.2, -0.15) is 0 Å². The molecular weight excluding hydrogens is 268 g/mol. The van der Waals surface area contributed by atoms with Crippen LogP contribution in [0, 0.1) is 5.92 Å². The summed E-state index contributed by atoms with van der Waals surface area (Å²) in [5.41, 5.74) is -0.101. The second kappa shape index (κ2) is 5.87. The molecule has 0 spiro atoms. The van der Waals surface area contributed by atoms with Crippen LogP contribution < -0.4 is 5.32 Å². The molecule has 1 fully saturated rings. The average Bonchev–Trinajstić information content (AvgIpc) is 2.97. The standard InChI is InChI=1S/C13H19F2N3O2/c1-7(2)18-5-8(3)10(6-18)16-13(19)9-4-11(12(14)15)20-17-9/h4,7-8,10,12H,5-6H2,1-3H3,(H,16,19)/t8-,10-/m0/s1. The SMILES string of the molecule is CC(C)N1C[C@H](NC(=O)c2cc(C(F)F)on2)[C@@H](C)C1. The molecule has 1 N–H and O–H groups in total. The summed E-state index contributed by atoms with van der Waals surface area (Å²) in [6.45, 7) is 7.92. The minimum Gasteiger partial charge on any atom is -0.354 e. The van der Waals surface area contributed by atoms with E-state index in [4.69, 9.17) is 0 Å². The normalized spacial score (nSPS) is 23.8. The van der Waals surface area contributed by atoms with Crippen LogP contribution in [0.25, 0.3) is 0 Å². The van der Waals surface area contributed by atoms with Gasteiger partial charge in [0, 0.05) is 31.2 Å². The molecule has 1 saturated heterocycles. The predicted molar refractivity (Wildman–Crippen MR) is 68.6 cm³/mol. The molecule has 20 heavy (non-hydrogen) atoms. The van der Waals surface area contributed by atoms with Gasteiger partial charge in [0.2, 0.25) is 5.76 Å². The number of nitrogens with one attached hydrogen (secondary N) is 1. The summed E-state index contributed by atoms with van der Waals surface area (Å²) >= 11 is 0. The minimum atomic E-state index is -2.76. The molecule has 5 nitrogen and oxygen atoms in total. The molecule has 0 radical (unpaired) electrons. The summed E-state index contributed by atoms with van der Waals surface area (Å²) in [6, 6.07) is 1.40. The fourth-order valence-corrected chi connectivity index (χ4v) is 2.36. The molecule has 1 aromatic heterocycles. The third-order valence-corrected chi connectivity index (χ3v) is 3.66. The van der Waals surface area contributed by atoms with E-state index in [0.29, 0.717) is 12.0 Å². The smallest absolute Gasteiger partial charge is 0.298 e. The monoisotopic (exact) mass is 287 g/mol. The van der Waals surface area contributed by atoms with Gasteiger partial charge in [0.05, 0.1) is 0 Å². The van der Waals surface area contributed by atoms with Crippen molar-refractivity contribution in [2.24, 2.45) is 5.92 Å². The van der Waals surface area contributed by atoms with E-state index in [9.17, 15) is 13.6 Å². The van der Waals surface area contributed by atoms with Gasteiger partial charge in [-0.25, -0.2) is 8.78 Å². The Bertz CT molecular complexity index is 476. The van der Waals surface area contributed by atoms with Crippen molar-refractivity contribution < 1.29 is 18.1 Å². The van der Waals surface area contributed by atoms with E-state index < -0.39 is 18.1 Å². The highest BCUT2D eigenvalue weighted by Gasteiger charge is 2.32. The highest BCUT2D eigenvalue weighted by atomic mass is 19.3. The zero-order valence-electron chi connectivity index (χ0n) is 11.8. The van der Waals surface area contributed by atoms with Gasteiger partial charge >= 0.3 is 0 Å². The van der Waals surface area contributed by atoms with Crippen molar-refractivity contribution in [1.82, 2.24) is 15.4 Å². The van der Waals surface area contributed by atoms with Crippen molar-refractivity contribution in [3.63, 3.8) is 0 Å². The number of aromatic nitrogens is 1. The Balaban J connectivity index is 1.97. The summed E-state index contributed by atoms with van der Waals surface area (Å²) in [7, 11) is 0. The van der Waals surface area contributed by atoms with Gasteiger partial charge in [0.15, 0.2) is 5.69 Å². The van der Waals surface area contributed by atoms with Crippen LogP contribution in [0.3, 0.4) is 0 Å². The van der Waals surface area contributed by atoms with Crippen LogP contribution in [0.4, 0.5) is 8.78 Å². The molecule has 0 unspecified atom stereocenters. The minimum absolute atomic E-state index is 0.00315. The van der Waals surface area contributed by atoms with Gasteiger partial charge in [0.1, 0.15) is 0 Å². The first kappa shape index (κ1) is 14.9. The second-order valence-electron chi connectivity index (χ2n) is 5.52. The maximum atomic E-state index is 12.4. The fourth-order valence-electron chi connectivity index (χ4n) is 2.36. The number of hydrogen-bond donors (Lipinski definition) is 1. The Morgan fingerprint density at radius 1 is 1.50 bits per heavy atom. The number of rotatable bonds is 4. The third-order valence-electron chi connectivity index (χ3n) is 3.66. The van der Waals surface area contributed by atoms with Crippen molar-refractivity contribution in [1.29, 1.82) is 0 Å². The van der Waals surface area contributed by atoms with E-state index in [1.807, 2.05) is 0 Å². The first-order valence-corrected chi connectivity index (χ1v) is 6.68. The highest BCUT2D eigenvalue weighted by Crippen LogP contribution is 2.21. The molecule has 2 rings (SSSR count). The Morgan fingerprint density at radius 3 is 2.70 bits per heavy atom. The van der Waals surface area contributed by atoms with Crippen molar-refractivity contribution in [2.45, 2.75) is 39.3 Å². The molecule has 2 heterocycles. The van der Waals surface area contributed by atoms with E-state index in [2.05, 4.69) is 40.7 Å². The number of carbonyl (C=O) groups excluding carboxylic acids is 1. The molecular formula is C13H19F2N3O2. The maximum Gasteiger partial charge on any atom is 0.298 e. The molecule has 1 amide bonds. The van der Waals surface area contributed by atoms with E-state index >= 15 is 0 Å². The predicted octanol–water partition coefficient (Wildman–Crippen LogP) is 2.07. The average molecular weight is 287 g/mol. The lowest BCUT2D eigenvalue weighted by atomic mass is 10.1. The van der Waals surface area contributed by atoms with Crippen molar-refractivity contribution in [3.8, 4) is 0 Å². The number of carbonyl (C=O) groups is 1. The van der Waals surface area contributed by atoms with Crippen LogP contribution in [0.5, 0.6) is 0 Å². The van der Waals surface area contributed by atoms with E-state index in [1.54, 1.807) is 0 Å². The molecule has 1 aliphatic rings. The van der Waals surface area contributed by atoms with Crippen LogP contribution in [-0.2, 0) is 0 Å². The summed E-state index contributed by atoms with van der Waals surface area (Å²) in [6.07, 6.45) is -2.76. The molecule has 1 aromatic rings. The molecule has 0 aliphatic carbocycles. The number of halogens is 2. The quantitative estimate of drug-likeness (QED) is 0.921. The van der Waals surface area contributed by atoms with E-state index in [-0.39, 0.29) is 11.7 Å². The van der Waals surface area contributed by atoms with Crippen LogP contribution in [-0.4, -0.2) is 41.1 Å². The van der Waals surface area contributed by atoms with Crippen LogP contribution >= 0.6 is 0 Å². The Morgan fingerprint density at radius 2 is 2.20 bits per heavy atom. The fraction of sp³-hybridized carbons (Fsp3) is 0.692. The number of alkyl halides is 2. The lowest BCUT2D eigenvalue weighted by molar-refractivity contribution is 0.0916. The van der Waals surface area contributed by atoms with E-state index in [1.165, 1.54) is 0 Å². The van der Waals surface area contributed by atoms with Gasteiger partial charge in [-0.1, -0.05) is 12.1 Å². The lowest BCUT2D eigenvalue weighted by Gasteiger charge is -2.20. The Hall–Kier alpha value is -1.50. The summed E-state index contributed by atoms with van der Waals surface area (Å²) in [5, 5.41) is 6.21. The van der Waals surface area contributed by atoms with Crippen molar-refractivity contribution in [3.05, 3.63) is 17.5 Å². The molecule has 0 aromatic carbocycles. The molecule has 7 heteroatoms. The van der Waals surface area contributed by atoms with Crippen molar-refractivity contribution >= 4 is 5.91 Å². The van der Waals surface area contributed by atoms with Gasteiger partial charge in [-0.3, -0.25) is 9.69 Å². The first-order chi connectivity index (χ1) is 9.38. The molecule has 0 bridgehead atoms. The summed E-state index contributed by atoms with van der Waals surface area (Å²) < 4.78 is 29.2. The molecule has 112 valence electrons. The van der Waals surface area contributed by atoms with Crippen molar-refractivity contribution in [2.75, 3.05) is 13.1 Å². The van der Waals surface area contributed by atoms with Gasteiger partial charge < -0.3 is 9.84 Å². The Kier molecular flexibility index (Phi) is 4.37. The van der Waals surface area contributed by atoms with Crippen LogP contribution in [0.15, 0.2) is 10.6 Å². The number of amides is 1. The first-order valence-electron chi connectivity index (χ1n) is 6.68. The molecule has 1 aliphatic heterocycles. The third kappa shape index (κ3) is 3.15. The Labute approximate surface area is 116 Å². The number of hydrogen-bond acceptors (Lipinski definition) is 4. The second-order valence-corrected chi connectivity index (χ2v) is 5.52. The van der Waals surface area contributed by atoms with Gasteiger partial charge in [-0.15, -0.1) is 0 Å². The maximum absolute atomic E-state index is 12.4. The zero-order chi connectivity index (χ0) is 14.9. The number of nitrogens with zero attached hydrogens (tertiary/aromatic N) is 2. The largest absolute Gasteiger partial charge is 0.354 e. The lowest BCUT2D eigenvalue weighted by Crippen LogP contribution is -2.40.